The Kier molecular flexibility index (Phi) is 6.38. The molecule has 2 rings (SSSR count). The van der Waals surface area contributed by atoms with E-state index >= 15 is 0 Å². The lowest BCUT2D eigenvalue weighted by Crippen LogP contribution is -2.33. The van der Waals surface area contributed by atoms with Crippen molar-refractivity contribution in [2.45, 2.75) is 26.8 Å². The SMILES string of the molecule is CC(C)CCNC(=O)Nc1cc(C(N)=O)ccc1CN1C(=O)CN(C)C1=O. The number of hydrogen-bond donors (Lipinski definition) is 3. The molecular formula is C18H25N5O4. The number of carbonyl (C=O) groups is 4. The van der Waals surface area contributed by atoms with Crippen LogP contribution in [0.3, 0.4) is 0 Å². The summed E-state index contributed by atoms with van der Waals surface area (Å²) in [7, 11) is 1.54. The Morgan fingerprint density at radius 3 is 2.52 bits per heavy atom. The maximum Gasteiger partial charge on any atom is 0.327 e. The normalized spacial score (nSPS) is 14.1. The first kappa shape index (κ1) is 20.2. The van der Waals surface area contributed by atoms with Crippen LogP contribution in [-0.2, 0) is 11.3 Å². The molecule has 0 bridgehead atoms. The van der Waals surface area contributed by atoms with Crippen molar-refractivity contribution in [3.05, 3.63) is 29.3 Å². The summed E-state index contributed by atoms with van der Waals surface area (Å²) in [6.07, 6.45) is 0.824. The lowest BCUT2D eigenvalue weighted by atomic mass is 10.1. The van der Waals surface area contributed by atoms with E-state index in [0.717, 1.165) is 11.3 Å². The van der Waals surface area contributed by atoms with E-state index in [1.165, 1.54) is 24.1 Å². The van der Waals surface area contributed by atoms with Gasteiger partial charge in [-0.3, -0.25) is 14.5 Å². The molecule has 1 aromatic rings. The first-order chi connectivity index (χ1) is 12.7. The molecular weight excluding hydrogens is 350 g/mol. The molecule has 1 aliphatic rings. The summed E-state index contributed by atoms with van der Waals surface area (Å²) in [6, 6.07) is 3.66. The Bertz CT molecular complexity index is 762. The third-order valence-corrected chi connectivity index (χ3v) is 4.21. The summed E-state index contributed by atoms with van der Waals surface area (Å²) in [5.41, 5.74) is 6.37. The van der Waals surface area contributed by atoms with Crippen molar-refractivity contribution in [2.24, 2.45) is 11.7 Å². The molecule has 4 N–H and O–H groups in total. The second-order valence-corrected chi connectivity index (χ2v) is 6.92. The van der Waals surface area contributed by atoms with E-state index in [1.54, 1.807) is 6.07 Å². The molecule has 0 spiro atoms. The van der Waals surface area contributed by atoms with Crippen LogP contribution in [0.1, 0.15) is 36.2 Å². The van der Waals surface area contributed by atoms with Gasteiger partial charge in [-0.1, -0.05) is 19.9 Å². The number of rotatable bonds is 7. The number of anilines is 1. The van der Waals surface area contributed by atoms with E-state index in [9.17, 15) is 19.2 Å². The molecule has 0 atom stereocenters. The summed E-state index contributed by atoms with van der Waals surface area (Å²) in [4.78, 5) is 50.1. The smallest absolute Gasteiger partial charge is 0.327 e. The quantitative estimate of drug-likeness (QED) is 0.622. The number of likely N-dealkylation sites (N-methyl/N-ethyl adjacent to an activating group) is 1. The lowest BCUT2D eigenvalue weighted by Gasteiger charge is -2.18. The Morgan fingerprint density at radius 2 is 1.96 bits per heavy atom. The fourth-order valence-electron chi connectivity index (χ4n) is 2.62. The van der Waals surface area contributed by atoms with Crippen molar-refractivity contribution >= 4 is 29.6 Å². The summed E-state index contributed by atoms with van der Waals surface area (Å²) in [5.74, 6) is -0.519. The van der Waals surface area contributed by atoms with Crippen LogP contribution in [0.2, 0.25) is 0 Å². The molecule has 0 unspecified atom stereocenters. The topological polar surface area (TPSA) is 125 Å². The van der Waals surface area contributed by atoms with Gasteiger partial charge in [0.1, 0.15) is 6.54 Å². The molecule has 6 amide bonds. The molecule has 0 saturated carbocycles. The second-order valence-electron chi connectivity index (χ2n) is 6.92. The van der Waals surface area contributed by atoms with E-state index < -0.39 is 18.0 Å². The number of carbonyl (C=O) groups excluding carboxylic acids is 4. The van der Waals surface area contributed by atoms with Crippen LogP contribution in [0.4, 0.5) is 15.3 Å². The Morgan fingerprint density at radius 1 is 1.26 bits per heavy atom. The van der Waals surface area contributed by atoms with E-state index in [-0.39, 0.29) is 24.6 Å². The summed E-state index contributed by atoms with van der Waals surface area (Å²) in [5, 5.41) is 5.41. The highest BCUT2D eigenvalue weighted by atomic mass is 16.2. The zero-order valence-electron chi connectivity index (χ0n) is 15.7. The fraction of sp³-hybridized carbons (Fsp3) is 0.444. The van der Waals surface area contributed by atoms with E-state index in [2.05, 4.69) is 24.5 Å². The fourth-order valence-corrected chi connectivity index (χ4v) is 2.62. The van der Waals surface area contributed by atoms with Gasteiger partial charge >= 0.3 is 12.1 Å². The average Bonchev–Trinajstić information content (AvgIpc) is 2.82. The maximum absolute atomic E-state index is 12.2. The van der Waals surface area contributed by atoms with Gasteiger partial charge in [-0.2, -0.15) is 0 Å². The third-order valence-electron chi connectivity index (χ3n) is 4.21. The number of hydrogen-bond acceptors (Lipinski definition) is 4. The zero-order valence-corrected chi connectivity index (χ0v) is 15.7. The van der Waals surface area contributed by atoms with Crippen LogP contribution in [0.25, 0.3) is 0 Å². The van der Waals surface area contributed by atoms with Gasteiger partial charge in [-0.25, -0.2) is 9.59 Å². The van der Waals surface area contributed by atoms with Crippen LogP contribution >= 0.6 is 0 Å². The number of nitrogens with two attached hydrogens (primary N) is 1. The monoisotopic (exact) mass is 375 g/mol. The molecule has 0 radical (unpaired) electrons. The van der Waals surface area contributed by atoms with Crippen LogP contribution in [0.15, 0.2) is 18.2 Å². The first-order valence-corrected chi connectivity index (χ1v) is 8.72. The Hall–Kier alpha value is -3.10. The van der Waals surface area contributed by atoms with Gasteiger partial charge in [0.25, 0.3) is 5.91 Å². The number of nitrogens with zero attached hydrogens (tertiary/aromatic N) is 2. The molecule has 1 heterocycles. The van der Waals surface area contributed by atoms with Gasteiger partial charge in [-0.05, 0) is 30.0 Å². The molecule has 9 heteroatoms. The van der Waals surface area contributed by atoms with Crippen LogP contribution in [0, 0.1) is 5.92 Å². The predicted octanol–water partition coefficient (Wildman–Crippen LogP) is 1.35. The standard InChI is InChI=1S/C18H25N5O4/c1-11(2)6-7-20-17(26)21-14-8-12(16(19)25)4-5-13(14)9-23-15(24)10-22(3)18(23)27/h4-5,8,11H,6-7,9-10H2,1-3H3,(H2,19,25)(H2,20,21,26). The van der Waals surface area contributed by atoms with Gasteiger partial charge in [0, 0.05) is 24.8 Å². The molecule has 0 aliphatic carbocycles. The number of nitrogens with one attached hydrogen (secondary N) is 2. The minimum absolute atomic E-state index is 0.0106. The van der Waals surface area contributed by atoms with Gasteiger partial charge < -0.3 is 21.3 Å². The predicted molar refractivity (Wildman–Crippen MR) is 100 cm³/mol. The van der Waals surface area contributed by atoms with Crippen molar-refractivity contribution in [3.8, 4) is 0 Å². The van der Waals surface area contributed by atoms with Crippen LogP contribution in [-0.4, -0.2) is 53.8 Å². The van der Waals surface area contributed by atoms with Crippen molar-refractivity contribution < 1.29 is 19.2 Å². The largest absolute Gasteiger partial charge is 0.366 e. The Labute approximate surface area is 157 Å². The number of imide groups is 1. The molecule has 1 saturated heterocycles. The number of urea groups is 2. The summed E-state index contributed by atoms with van der Waals surface area (Å²) < 4.78 is 0. The van der Waals surface area contributed by atoms with E-state index in [0.29, 0.717) is 23.7 Å². The first-order valence-electron chi connectivity index (χ1n) is 8.72. The third kappa shape index (κ3) is 5.19. The molecule has 1 fully saturated rings. The van der Waals surface area contributed by atoms with Gasteiger partial charge in [0.2, 0.25) is 5.91 Å². The minimum atomic E-state index is -0.641. The summed E-state index contributed by atoms with van der Waals surface area (Å²) >= 11 is 0. The van der Waals surface area contributed by atoms with Crippen molar-refractivity contribution in [2.75, 3.05) is 25.5 Å². The van der Waals surface area contributed by atoms with Crippen LogP contribution in [0.5, 0.6) is 0 Å². The highest BCUT2D eigenvalue weighted by Crippen LogP contribution is 2.22. The number of benzene rings is 1. The minimum Gasteiger partial charge on any atom is -0.366 e. The Balaban J connectivity index is 2.18. The highest BCUT2D eigenvalue weighted by Gasteiger charge is 2.33. The van der Waals surface area contributed by atoms with Gasteiger partial charge in [0.15, 0.2) is 0 Å². The second kappa shape index (κ2) is 8.52. The van der Waals surface area contributed by atoms with Gasteiger partial charge in [0.05, 0.1) is 6.54 Å². The van der Waals surface area contributed by atoms with Crippen molar-refractivity contribution in [1.82, 2.24) is 15.1 Å². The van der Waals surface area contributed by atoms with E-state index in [1.807, 2.05) is 0 Å². The lowest BCUT2D eigenvalue weighted by molar-refractivity contribution is -0.125. The van der Waals surface area contributed by atoms with Crippen molar-refractivity contribution in [3.63, 3.8) is 0 Å². The van der Waals surface area contributed by atoms with Crippen molar-refractivity contribution in [1.29, 1.82) is 0 Å². The summed E-state index contributed by atoms with van der Waals surface area (Å²) in [6.45, 7) is 4.60. The molecule has 1 aromatic carbocycles. The van der Waals surface area contributed by atoms with E-state index in [4.69, 9.17) is 5.73 Å². The molecule has 146 valence electrons. The molecule has 27 heavy (non-hydrogen) atoms. The number of amides is 6. The molecule has 0 aromatic heterocycles. The molecule has 9 nitrogen and oxygen atoms in total. The highest BCUT2D eigenvalue weighted by molar-refractivity contribution is 6.02. The van der Waals surface area contributed by atoms with Crippen LogP contribution < -0.4 is 16.4 Å². The number of primary amides is 1. The average molecular weight is 375 g/mol. The molecule has 1 aliphatic heterocycles. The maximum atomic E-state index is 12.2. The van der Waals surface area contributed by atoms with Gasteiger partial charge in [-0.15, -0.1) is 0 Å². The zero-order chi connectivity index (χ0) is 20.1.